The van der Waals surface area contributed by atoms with E-state index in [1.165, 1.54) is 23.3 Å². The van der Waals surface area contributed by atoms with Gasteiger partial charge in [-0.3, -0.25) is 4.79 Å². The second kappa shape index (κ2) is 6.61. The molecule has 21 heavy (non-hydrogen) atoms. The van der Waals surface area contributed by atoms with Crippen LogP contribution in [-0.2, 0) is 10.2 Å². The quantitative estimate of drug-likeness (QED) is 0.879. The van der Waals surface area contributed by atoms with Crippen LogP contribution in [0.1, 0.15) is 46.1 Å². The Morgan fingerprint density at radius 2 is 1.95 bits per heavy atom. The summed E-state index contributed by atoms with van der Waals surface area (Å²) in [5.74, 6) is 0.871. The van der Waals surface area contributed by atoms with Gasteiger partial charge in [-0.1, -0.05) is 39.8 Å². The van der Waals surface area contributed by atoms with Crippen molar-refractivity contribution in [1.82, 2.24) is 0 Å². The van der Waals surface area contributed by atoms with Gasteiger partial charge in [0.25, 0.3) is 5.91 Å². The molecule has 1 amide bonds. The number of rotatable bonds is 3. The molecule has 0 saturated carbocycles. The minimum atomic E-state index is 0.127. The van der Waals surface area contributed by atoms with Crippen molar-refractivity contribution in [2.45, 2.75) is 46.0 Å². The number of carbonyl (C=O) groups is 1. The molecule has 2 atom stereocenters. The summed E-state index contributed by atoms with van der Waals surface area (Å²) in [6, 6.07) is 8.22. The van der Waals surface area contributed by atoms with Gasteiger partial charge in [-0.25, -0.2) is 0 Å². The fourth-order valence-corrected chi connectivity index (χ4v) is 3.04. The lowest BCUT2D eigenvalue weighted by molar-refractivity contribution is -0.900. The van der Waals surface area contributed by atoms with Crippen LogP contribution in [0.3, 0.4) is 0 Å². The van der Waals surface area contributed by atoms with Crippen LogP contribution < -0.4 is 10.2 Å². The molecular weight excluding hydrogens is 260 g/mol. The Morgan fingerprint density at radius 1 is 1.29 bits per heavy atom. The van der Waals surface area contributed by atoms with E-state index < -0.39 is 0 Å². The SMILES string of the molecule is C[C@H]1CCC[NH+](CC(=O)Nc2ccc(C(C)(C)C)cc2)C1. The average molecular weight is 289 g/mol. The van der Waals surface area contributed by atoms with Crippen LogP contribution in [0.5, 0.6) is 0 Å². The van der Waals surface area contributed by atoms with Crippen LogP contribution in [0.4, 0.5) is 5.69 Å². The monoisotopic (exact) mass is 289 g/mol. The lowest BCUT2D eigenvalue weighted by atomic mass is 9.87. The number of amides is 1. The van der Waals surface area contributed by atoms with E-state index in [2.05, 4.69) is 45.1 Å². The lowest BCUT2D eigenvalue weighted by Crippen LogP contribution is -3.14. The zero-order valence-corrected chi connectivity index (χ0v) is 13.8. The average Bonchev–Trinajstić information content (AvgIpc) is 2.38. The zero-order chi connectivity index (χ0) is 15.5. The summed E-state index contributed by atoms with van der Waals surface area (Å²) < 4.78 is 0. The Hall–Kier alpha value is -1.35. The Labute approximate surface area is 128 Å². The van der Waals surface area contributed by atoms with Crippen LogP contribution in [0.25, 0.3) is 0 Å². The largest absolute Gasteiger partial charge is 0.327 e. The van der Waals surface area contributed by atoms with Gasteiger partial charge in [0.15, 0.2) is 6.54 Å². The highest BCUT2D eigenvalue weighted by Gasteiger charge is 2.22. The van der Waals surface area contributed by atoms with Gasteiger partial charge in [-0.15, -0.1) is 0 Å². The van der Waals surface area contributed by atoms with E-state index in [9.17, 15) is 4.79 Å². The van der Waals surface area contributed by atoms with E-state index in [0.717, 1.165) is 24.7 Å². The van der Waals surface area contributed by atoms with E-state index in [0.29, 0.717) is 6.54 Å². The molecule has 1 fully saturated rings. The van der Waals surface area contributed by atoms with E-state index in [-0.39, 0.29) is 11.3 Å². The van der Waals surface area contributed by atoms with Crippen LogP contribution in [0.15, 0.2) is 24.3 Å². The molecule has 1 aromatic carbocycles. The number of hydrogen-bond donors (Lipinski definition) is 2. The number of hydrogen-bond acceptors (Lipinski definition) is 1. The fourth-order valence-electron chi connectivity index (χ4n) is 3.04. The number of quaternary nitrogens is 1. The maximum Gasteiger partial charge on any atom is 0.279 e. The van der Waals surface area contributed by atoms with Crippen molar-refractivity contribution in [3.63, 3.8) is 0 Å². The number of nitrogens with one attached hydrogen (secondary N) is 2. The molecule has 0 aromatic heterocycles. The van der Waals surface area contributed by atoms with E-state index >= 15 is 0 Å². The molecule has 1 heterocycles. The maximum atomic E-state index is 12.1. The number of anilines is 1. The molecular formula is C18H29N2O+. The summed E-state index contributed by atoms with van der Waals surface area (Å²) in [4.78, 5) is 13.6. The Kier molecular flexibility index (Phi) is 5.04. The minimum absolute atomic E-state index is 0.127. The molecule has 0 spiro atoms. The van der Waals surface area contributed by atoms with Gasteiger partial charge in [-0.05, 0) is 36.0 Å². The van der Waals surface area contributed by atoms with Crippen LogP contribution in [0.2, 0.25) is 0 Å². The van der Waals surface area contributed by atoms with E-state index in [4.69, 9.17) is 0 Å². The molecule has 3 heteroatoms. The normalized spacial score (nSPS) is 22.9. The van der Waals surface area contributed by atoms with Crippen molar-refractivity contribution in [2.24, 2.45) is 5.92 Å². The van der Waals surface area contributed by atoms with Crippen molar-refractivity contribution < 1.29 is 9.69 Å². The standard InChI is InChI=1S/C18H28N2O/c1-14-6-5-11-20(12-14)13-17(21)19-16-9-7-15(8-10-16)18(2,3)4/h7-10,14H,5-6,11-13H2,1-4H3,(H,19,21)/p+1/t14-/m0/s1. The zero-order valence-electron chi connectivity index (χ0n) is 13.8. The van der Waals surface area contributed by atoms with E-state index in [1.54, 1.807) is 0 Å². The van der Waals surface area contributed by atoms with Crippen LogP contribution in [0, 0.1) is 5.92 Å². The minimum Gasteiger partial charge on any atom is -0.327 e. The molecule has 1 aromatic rings. The summed E-state index contributed by atoms with van der Waals surface area (Å²) in [5.41, 5.74) is 2.34. The molecule has 0 radical (unpaired) electrons. The summed E-state index contributed by atoms with van der Waals surface area (Å²) in [6.45, 7) is 11.7. The highest BCUT2D eigenvalue weighted by molar-refractivity contribution is 5.91. The first kappa shape index (κ1) is 16.0. The molecule has 1 aliphatic heterocycles. The molecule has 1 unspecified atom stereocenters. The molecule has 116 valence electrons. The Balaban J connectivity index is 1.87. The summed E-state index contributed by atoms with van der Waals surface area (Å²) >= 11 is 0. The van der Waals surface area contributed by atoms with Crippen molar-refractivity contribution in [1.29, 1.82) is 0 Å². The second-order valence-electron chi connectivity index (χ2n) is 7.50. The number of benzene rings is 1. The van der Waals surface area contributed by atoms with Crippen molar-refractivity contribution in [3.05, 3.63) is 29.8 Å². The Bertz CT molecular complexity index is 473. The molecule has 1 aliphatic rings. The Morgan fingerprint density at radius 3 is 2.52 bits per heavy atom. The molecule has 1 saturated heterocycles. The highest BCUT2D eigenvalue weighted by Crippen LogP contribution is 2.23. The van der Waals surface area contributed by atoms with Crippen molar-refractivity contribution in [3.8, 4) is 0 Å². The smallest absolute Gasteiger partial charge is 0.279 e. The van der Waals surface area contributed by atoms with Crippen molar-refractivity contribution in [2.75, 3.05) is 25.0 Å². The molecule has 3 nitrogen and oxygen atoms in total. The van der Waals surface area contributed by atoms with Crippen LogP contribution in [-0.4, -0.2) is 25.5 Å². The van der Waals surface area contributed by atoms with Gasteiger partial charge >= 0.3 is 0 Å². The topological polar surface area (TPSA) is 33.5 Å². The third-order valence-electron chi connectivity index (χ3n) is 4.31. The third-order valence-corrected chi connectivity index (χ3v) is 4.31. The maximum absolute atomic E-state index is 12.1. The molecule has 2 N–H and O–H groups in total. The fraction of sp³-hybridized carbons (Fsp3) is 0.611. The van der Waals surface area contributed by atoms with E-state index in [1.807, 2.05) is 12.1 Å². The molecule has 2 rings (SSSR count). The van der Waals surface area contributed by atoms with Gasteiger partial charge in [-0.2, -0.15) is 0 Å². The van der Waals surface area contributed by atoms with Gasteiger partial charge in [0.05, 0.1) is 13.1 Å². The number of likely N-dealkylation sites (tertiary alicyclic amines) is 1. The number of carbonyl (C=O) groups excluding carboxylic acids is 1. The highest BCUT2D eigenvalue weighted by atomic mass is 16.2. The number of piperidine rings is 1. The predicted octanol–water partition coefficient (Wildman–Crippen LogP) is 2.24. The van der Waals surface area contributed by atoms with Crippen LogP contribution >= 0.6 is 0 Å². The summed E-state index contributed by atoms with van der Waals surface area (Å²) in [5, 5.41) is 3.02. The summed E-state index contributed by atoms with van der Waals surface area (Å²) in [6.07, 6.45) is 2.55. The first-order chi connectivity index (χ1) is 9.84. The predicted molar refractivity (Wildman–Crippen MR) is 87.7 cm³/mol. The van der Waals surface area contributed by atoms with Gasteiger partial charge in [0.1, 0.15) is 0 Å². The summed E-state index contributed by atoms with van der Waals surface area (Å²) in [7, 11) is 0. The first-order valence-electron chi connectivity index (χ1n) is 8.08. The molecule has 0 aliphatic carbocycles. The molecule has 0 bridgehead atoms. The van der Waals surface area contributed by atoms with Crippen molar-refractivity contribution >= 4 is 11.6 Å². The van der Waals surface area contributed by atoms with Gasteiger partial charge in [0.2, 0.25) is 0 Å². The second-order valence-corrected chi connectivity index (χ2v) is 7.50. The first-order valence-corrected chi connectivity index (χ1v) is 8.08. The van der Waals surface area contributed by atoms with Gasteiger partial charge in [0, 0.05) is 11.6 Å². The third kappa shape index (κ3) is 4.85. The lowest BCUT2D eigenvalue weighted by Gasteiger charge is -2.27. The van der Waals surface area contributed by atoms with Gasteiger partial charge < -0.3 is 10.2 Å².